The summed E-state index contributed by atoms with van der Waals surface area (Å²) in [7, 11) is 0. The van der Waals surface area contributed by atoms with Crippen LogP contribution in [-0.4, -0.2) is 36.9 Å². The molecule has 0 unspecified atom stereocenters. The zero-order valence-electron chi connectivity index (χ0n) is 15.8. The highest BCUT2D eigenvalue weighted by Gasteiger charge is 2.27. The molecule has 1 aromatic carbocycles. The van der Waals surface area contributed by atoms with Crippen LogP contribution < -0.4 is 5.43 Å². The van der Waals surface area contributed by atoms with Gasteiger partial charge < -0.3 is 4.57 Å². The van der Waals surface area contributed by atoms with E-state index in [1.165, 1.54) is 11.8 Å². The summed E-state index contributed by atoms with van der Waals surface area (Å²) in [4.78, 5) is 25.2. The highest BCUT2D eigenvalue weighted by molar-refractivity contribution is 7.99. The third-order valence-electron chi connectivity index (χ3n) is 4.79. The Kier molecular flexibility index (Phi) is 5.04. The quantitative estimate of drug-likeness (QED) is 0.490. The van der Waals surface area contributed by atoms with E-state index in [1.807, 2.05) is 42.7 Å². The average Bonchev–Trinajstić information content (AvgIpc) is 3.38. The molecule has 7 nitrogen and oxygen atoms in total. The Hall–Kier alpha value is -2.87. The maximum absolute atomic E-state index is 12.8. The lowest BCUT2D eigenvalue weighted by Gasteiger charge is -2.11. The number of Topliss-reactive ketones (excluding diaryl/α,β-unsaturated/α-hetero) is 1. The third-order valence-corrected chi connectivity index (χ3v) is 5.75. The zero-order valence-corrected chi connectivity index (χ0v) is 16.6. The van der Waals surface area contributed by atoms with Gasteiger partial charge in [-0.25, -0.2) is 0 Å². The van der Waals surface area contributed by atoms with Crippen molar-refractivity contribution in [2.24, 2.45) is 0 Å². The Morgan fingerprint density at radius 3 is 2.68 bits per heavy atom. The van der Waals surface area contributed by atoms with Crippen molar-refractivity contribution in [3.8, 4) is 0 Å². The van der Waals surface area contributed by atoms with Crippen LogP contribution in [0.1, 0.15) is 51.0 Å². The summed E-state index contributed by atoms with van der Waals surface area (Å²) in [5, 5.41) is 8.86. The molecule has 3 aromatic rings. The molecule has 0 radical (unpaired) electrons. The molecule has 0 atom stereocenters. The molecule has 1 fully saturated rings. The molecule has 28 heavy (non-hydrogen) atoms. The van der Waals surface area contributed by atoms with Crippen LogP contribution in [0.25, 0.3) is 0 Å². The summed E-state index contributed by atoms with van der Waals surface area (Å²) in [6.07, 6.45) is 4.01. The summed E-state index contributed by atoms with van der Waals surface area (Å²) in [5.41, 5.74) is 5.56. The molecule has 0 bridgehead atoms. The van der Waals surface area contributed by atoms with Gasteiger partial charge in [0.15, 0.2) is 10.9 Å². The van der Waals surface area contributed by atoms with Gasteiger partial charge >= 0.3 is 0 Å². The maximum Gasteiger partial charge on any atom is 0.270 e. The molecule has 4 rings (SSSR count). The van der Waals surface area contributed by atoms with Gasteiger partial charge in [-0.3, -0.25) is 19.7 Å². The fourth-order valence-electron chi connectivity index (χ4n) is 3.12. The number of amides is 1. The Morgan fingerprint density at radius 1 is 1.21 bits per heavy atom. The van der Waals surface area contributed by atoms with Gasteiger partial charge in [0, 0.05) is 28.6 Å². The second-order valence-corrected chi connectivity index (χ2v) is 7.83. The molecule has 1 aliphatic carbocycles. The van der Waals surface area contributed by atoms with Gasteiger partial charge in [0.2, 0.25) is 0 Å². The normalized spacial score (nSPS) is 13.5. The molecule has 1 aliphatic rings. The summed E-state index contributed by atoms with van der Waals surface area (Å²) in [6, 6.07) is 11.3. The van der Waals surface area contributed by atoms with E-state index in [0.29, 0.717) is 17.2 Å². The first-order valence-electron chi connectivity index (χ1n) is 9.15. The molecule has 0 spiro atoms. The zero-order chi connectivity index (χ0) is 19.7. The first kappa shape index (κ1) is 18.5. The molecule has 0 aliphatic heterocycles. The standard InChI is InChI=1S/C20H21N5O2S/c1-13-10-17(14(2)25(13)23-19(27)15-6-4-3-5-7-15)18(26)11-28-20-22-21-12-24(20)16-8-9-16/h3-7,10,12,16H,8-9,11H2,1-2H3,(H,23,27). The van der Waals surface area contributed by atoms with Crippen molar-refractivity contribution < 1.29 is 9.59 Å². The number of hydrogen-bond acceptors (Lipinski definition) is 5. The number of thioether (sulfide) groups is 1. The Balaban J connectivity index is 1.46. The minimum absolute atomic E-state index is 0.00339. The highest BCUT2D eigenvalue weighted by atomic mass is 32.2. The van der Waals surface area contributed by atoms with E-state index < -0.39 is 0 Å². The lowest BCUT2D eigenvalue weighted by Crippen LogP contribution is -2.25. The molecule has 2 aromatic heterocycles. The van der Waals surface area contributed by atoms with Gasteiger partial charge in [-0.2, -0.15) is 0 Å². The van der Waals surface area contributed by atoms with Crippen LogP contribution in [0.2, 0.25) is 0 Å². The number of hydrogen-bond donors (Lipinski definition) is 1. The SMILES string of the molecule is Cc1cc(C(=O)CSc2nncn2C2CC2)c(C)n1NC(=O)c1ccccc1. The van der Waals surface area contributed by atoms with Crippen LogP contribution in [0.3, 0.4) is 0 Å². The maximum atomic E-state index is 12.8. The van der Waals surface area contributed by atoms with E-state index in [9.17, 15) is 9.59 Å². The number of carbonyl (C=O) groups excluding carboxylic acids is 2. The van der Waals surface area contributed by atoms with E-state index in [2.05, 4.69) is 15.6 Å². The monoisotopic (exact) mass is 395 g/mol. The van der Waals surface area contributed by atoms with Crippen molar-refractivity contribution in [1.82, 2.24) is 19.4 Å². The van der Waals surface area contributed by atoms with Crippen LogP contribution in [-0.2, 0) is 0 Å². The number of rotatable bonds is 7. The van der Waals surface area contributed by atoms with Gasteiger partial charge in [-0.05, 0) is 44.9 Å². The van der Waals surface area contributed by atoms with Gasteiger partial charge in [0.25, 0.3) is 5.91 Å². The summed E-state index contributed by atoms with van der Waals surface area (Å²) < 4.78 is 3.71. The molecule has 8 heteroatoms. The van der Waals surface area contributed by atoms with Crippen molar-refractivity contribution in [2.75, 3.05) is 11.2 Å². The number of nitrogens with one attached hydrogen (secondary N) is 1. The van der Waals surface area contributed by atoms with Crippen molar-refractivity contribution >= 4 is 23.5 Å². The van der Waals surface area contributed by atoms with E-state index >= 15 is 0 Å². The van der Waals surface area contributed by atoms with Gasteiger partial charge in [0.1, 0.15) is 6.33 Å². The number of ketones is 1. The van der Waals surface area contributed by atoms with Crippen LogP contribution >= 0.6 is 11.8 Å². The topological polar surface area (TPSA) is 81.8 Å². The summed E-state index contributed by atoms with van der Waals surface area (Å²) >= 11 is 1.40. The Labute approximate surface area is 167 Å². The summed E-state index contributed by atoms with van der Waals surface area (Å²) in [5.74, 6) is 0.0690. The van der Waals surface area contributed by atoms with Gasteiger partial charge in [0.05, 0.1) is 5.75 Å². The van der Waals surface area contributed by atoms with Crippen LogP contribution in [0.4, 0.5) is 0 Å². The minimum Gasteiger partial charge on any atom is -0.306 e. The van der Waals surface area contributed by atoms with E-state index in [1.54, 1.807) is 23.1 Å². The Morgan fingerprint density at radius 2 is 1.96 bits per heavy atom. The van der Waals surface area contributed by atoms with Crippen molar-refractivity contribution in [1.29, 1.82) is 0 Å². The van der Waals surface area contributed by atoms with Crippen molar-refractivity contribution in [3.05, 3.63) is 65.2 Å². The molecular weight excluding hydrogens is 374 g/mol. The van der Waals surface area contributed by atoms with Crippen LogP contribution in [0.5, 0.6) is 0 Å². The summed E-state index contributed by atoms with van der Waals surface area (Å²) in [6.45, 7) is 3.70. The Bertz CT molecular complexity index is 1020. The molecule has 2 heterocycles. The number of benzene rings is 1. The van der Waals surface area contributed by atoms with Gasteiger partial charge in [-0.1, -0.05) is 30.0 Å². The fraction of sp³-hybridized carbons (Fsp3) is 0.300. The number of aryl methyl sites for hydroxylation is 1. The molecule has 144 valence electrons. The minimum atomic E-state index is -0.215. The van der Waals surface area contributed by atoms with Crippen molar-refractivity contribution in [3.63, 3.8) is 0 Å². The number of aromatic nitrogens is 4. The van der Waals surface area contributed by atoms with E-state index in [4.69, 9.17) is 0 Å². The highest BCUT2D eigenvalue weighted by Crippen LogP contribution is 2.37. The first-order valence-corrected chi connectivity index (χ1v) is 10.1. The van der Waals surface area contributed by atoms with E-state index in [-0.39, 0.29) is 17.4 Å². The lowest BCUT2D eigenvalue weighted by atomic mass is 10.2. The van der Waals surface area contributed by atoms with Crippen LogP contribution in [0.15, 0.2) is 47.9 Å². The molecular formula is C20H21N5O2S. The smallest absolute Gasteiger partial charge is 0.270 e. The van der Waals surface area contributed by atoms with Crippen LogP contribution in [0, 0.1) is 13.8 Å². The molecule has 1 saturated carbocycles. The third kappa shape index (κ3) is 3.73. The number of carbonyl (C=O) groups is 2. The molecule has 1 N–H and O–H groups in total. The average molecular weight is 395 g/mol. The van der Waals surface area contributed by atoms with Crippen molar-refractivity contribution in [2.45, 2.75) is 37.9 Å². The lowest BCUT2D eigenvalue weighted by molar-refractivity contribution is 0.0999. The second kappa shape index (κ2) is 7.63. The predicted molar refractivity (Wildman–Crippen MR) is 107 cm³/mol. The van der Waals surface area contributed by atoms with Gasteiger partial charge in [-0.15, -0.1) is 10.2 Å². The fourth-order valence-corrected chi connectivity index (χ4v) is 3.98. The number of nitrogens with zero attached hydrogens (tertiary/aromatic N) is 4. The first-order chi connectivity index (χ1) is 13.5. The molecule has 1 amide bonds. The predicted octanol–water partition coefficient (Wildman–Crippen LogP) is 3.39. The van der Waals surface area contributed by atoms with E-state index in [0.717, 1.165) is 29.4 Å². The largest absolute Gasteiger partial charge is 0.306 e. The second-order valence-electron chi connectivity index (χ2n) is 6.89. The molecule has 0 saturated heterocycles.